The predicted octanol–water partition coefficient (Wildman–Crippen LogP) is 1.21. The Bertz CT molecular complexity index is 365. The van der Waals surface area contributed by atoms with Gasteiger partial charge in [-0.05, 0) is 12.6 Å². The lowest BCUT2D eigenvalue weighted by molar-refractivity contribution is 0.0961. The highest BCUT2D eigenvalue weighted by molar-refractivity contribution is 5.19. The van der Waals surface area contributed by atoms with E-state index in [0.717, 1.165) is 45.9 Å². The van der Waals surface area contributed by atoms with E-state index in [1.807, 2.05) is 0 Å². The fourth-order valence-corrected chi connectivity index (χ4v) is 2.70. The highest BCUT2D eigenvalue weighted by Crippen LogP contribution is 2.19. The Kier molecular flexibility index (Phi) is 6.47. The Hall–Kier alpha value is -0.940. The van der Waals surface area contributed by atoms with Crippen LogP contribution in [0.5, 0.6) is 0 Å². The summed E-state index contributed by atoms with van der Waals surface area (Å²) in [7, 11) is 3.97. The molecule has 0 aliphatic carbocycles. The molecule has 1 unspecified atom stereocenters. The van der Waals surface area contributed by atoms with Crippen molar-refractivity contribution in [1.82, 2.24) is 15.1 Å². The molecule has 0 bridgehead atoms. The minimum Gasteiger partial charge on any atom is -0.383 e. The standard InChI is InChI=1S/C16H27N3O/c1-18(12-13-19-10-8-17-9-11-19)16(14-20-2)15-6-4-3-5-7-15/h3-7,16-17H,8-14H2,1-2H3. The molecule has 2 rings (SSSR count). The van der Waals surface area contributed by atoms with Gasteiger partial charge in [0.05, 0.1) is 12.6 Å². The van der Waals surface area contributed by atoms with E-state index < -0.39 is 0 Å². The Balaban J connectivity index is 1.88. The molecule has 1 fully saturated rings. The Morgan fingerprint density at radius 1 is 1.25 bits per heavy atom. The fourth-order valence-electron chi connectivity index (χ4n) is 2.70. The second-order valence-electron chi connectivity index (χ2n) is 5.45. The number of ether oxygens (including phenoxy) is 1. The van der Waals surface area contributed by atoms with Crippen molar-refractivity contribution in [2.24, 2.45) is 0 Å². The van der Waals surface area contributed by atoms with E-state index in [2.05, 4.69) is 52.5 Å². The average Bonchev–Trinajstić information content (AvgIpc) is 2.52. The molecule has 1 aliphatic rings. The molecule has 0 amide bonds. The van der Waals surface area contributed by atoms with E-state index in [1.54, 1.807) is 7.11 Å². The quantitative estimate of drug-likeness (QED) is 0.811. The number of nitrogens with one attached hydrogen (secondary N) is 1. The van der Waals surface area contributed by atoms with Crippen molar-refractivity contribution >= 4 is 0 Å². The number of hydrogen-bond donors (Lipinski definition) is 1. The first-order valence-corrected chi connectivity index (χ1v) is 7.48. The lowest BCUT2D eigenvalue weighted by Gasteiger charge is -2.32. The van der Waals surface area contributed by atoms with E-state index in [0.29, 0.717) is 6.04 Å². The van der Waals surface area contributed by atoms with Crippen molar-refractivity contribution < 1.29 is 4.74 Å². The van der Waals surface area contributed by atoms with Gasteiger partial charge in [0.2, 0.25) is 0 Å². The molecule has 20 heavy (non-hydrogen) atoms. The molecule has 1 aliphatic heterocycles. The second kappa shape index (κ2) is 8.37. The van der Waals surface area contributed by atoms with Gasteiger partial charge in [0.15, 0.2) is 0 Å². The fraction of sp³-hybridized carbons (Fsp3) is 0.625. The van der Waals surface area contributed by atoms with Crippen molar-refractivity contribution in [2.75, 3.05) is 60.0 Å². The smallest absolute Gasteiger partial charge is 0.0659 e. The van der Waals surface area contributed by atoms with Gasteiger partial charge in [-0.2, -0.15) is 0 Å². The van der Waals surface area contributed by atoms with Crippen LogP contribution in [0.2, 0.25) is 0 Å². The summed E-state index contributed by atoms with van der Waals surface area (Å²) in [5.74, 6) is 0. The van der Waals surface area contributed by atoms with Crippen LogP contribution < -0.4 is 5.32 Å². The van der Waals surface area contributed by atoms with Gasteiger partial charge >= 0.3 is 0 Å². The lowest BCUT2D eigenvalue weighted by atomic mass is 10.1. The molecule has 0 saturated carbocycles. The van der Waals surface area contributed by atoms with Crippen molar-refractivity contribution in [3.63, 3.8) is 0 Å². The van der Waals surface area contributed by atoms with E-state index in [9.17, 15) is 0 Å². The topological polar surface area (TPSA) is 27.7 Å². The molecule has 4 heteroatoms. The number of benzene rings is 1. The zero-order valence-corrected chi connectivity index (χ0v) is 12.7. The van der Waals surface area contributed by atoms with Crippen LogP contribution in [0.25, 0.3) is 0 Å². The number of hydrogen-bond acceptors (Lipinski definition) is 4. The SMILES string of the molecule is COCC(c1ccccc1)N(C)CCN1CCNCC1. The molecule has 1 N–H and O–H groups in total. The number of nitrogens with zero attached hydrogens (tertiary/aromatic N) is 2. The molecule has 4 nitrogen and oxygen atoms in total. The van der Waals surface area contributed by atoms with Crippen LogP contribution >= 0.6 is 0 Å². The first-order valence-electron chi connectivity index (χ1n) is 7.48. The van der Waals surface area contributed by atoms with E-state index in [-0.39, 0.29) is 0 Å². The monoisotopic (exact) mass is 277 g/mol. The maximum absolute atomic E-state index is 5.41. The summed E-state index contributed by atoms with van der Waals surface area (Å²) in [6, 6.07) is 11.0. The number of methoxy groups -OCH3 is 1. The number of rotatable bonds is 7. The van der Waals surface area contributed by atoms with Gasteiger partial charge in [0.25, 0.3) is 0 Å². The zero-order chi connectivity index (χ0) is 14.2. The molecule has 0 spiro atoms. The minimum absolute atomic E-state index is 0.337. The summed E-state index contributed by atoms with van der Waals surface area (Å²) in [6.45, 7) is 7.49. The molecule has 1 atom stereocenters. The maximum Gasteiger partial charge on any atom is 0.0659 e. The molecular formula is C16H27N3O. The Labute approximate surface area is 122 Å². The van der Waals surface area contributed by atoms with Gasteiger partial charge in [-0.1, -0.05) is 30.3 Å². The van der Waals surface area contributed by atoms with Gasteiger partial charge in [0, 0.05) is 46.4 Å². The number of likely N-dealkylation sites (N-methyl/N-ethyl adjacent to an activating group) is 1. The van der Waals surface area contributed by atoms with Gasteiger partial charge in [-0.25, -0.2) is 0 Å². The van der Waals surface area contributed by atoms with Crippen LogP contribution in [0.15, 0.2) is 30.3 Å². The molecular weight excluding hydrogens is 250 g/mol. The van der Waals surface area contributed by atoms with Crippen LogP contribution in [0, 0.1) is 0 Å². The highest BCUT2D eigenvalue weighted by atomic mass is 16.5. The van der Waals surface area contributed by atoms with Crippen molar-refractivity contribution in [3.8, 4) is 0 Å². The first kappa shape index (κ1) is 15.4. The van der Waals surface area contributed by atoms with E-state index in [4.69, 9.17) is 4.74 Å². The zero-order valence-electron chi connectivity index (χ0n) is 12.7. The minimum atomic E-state index is 0.337. The third kappa shape index (κ3) is 4.56. The van der Waals surface area contributed by atoms with Crippen molar-refractivity contribution in [3.05, 3.63) is 35.9 Å². The predicted molar refractivity (Wildman–Crippen MR) is 83.0 cm³/mol. The van der Waals surface area contributed by atoms with Crippen LogP contribution in [0.1, 0.15) is 11.6 Å². The van der Waals surface area contributed by atoms with Crippen molar-refractivity contribution in [1.29, 1.82) is 0 Å². The summed E-state index contributed by atoms with van der Waals surface area (Å²) >= 11 is 0. The first-order chi connectivity index (χ1) is 9.81. The van der Waals surface area contributed by atoms with Gasteiger partial charge in [-0.3, -0.25) is 9.80 Å². The molecule has 0 radical (unpaired) electrons. The third-order valence-corrected chi connectivity index (χ3v) is 4.02. The Morgan fingerprint density at radius 2 is 1.95 bits per heavy atom. The van der Waals surface area contributed by atoms with Crippen LogP contribution in [-0.4, -0.2) is 69.8 Å². The van der Waals surface area contributed by atoms with Crippen LogP contribution in [0.4, 0.5) is 0 Å². The van der Waals surface area contributed by atoms with Crippen molar-refractivity contribution in [2.45, 2.75) is 6.04 Å². The second-order valence-corrected chi connectivity index (χ2v) is 5.45. The van der Waals surface area contributed by atoms with Crippen LogP contribution in [-0.2, 0) is 4.74 Å². The molecule has 1 saturated heterocycles. The van der Waals surface area contributed by atoms with Gasteiger partial charge < -0.3 is 10.1 Å². The summed E-state index contributed by atoms with van der Waals surface area (Å²) < 4.78 is 5.41. The summed E-state index contributed by atoms with van der Waals surface area (Å²) in [4.78, 5) is 4.93. The van der Waals surface area contributed by atoms with Gasteiger partial charge in [0.1, 0.15) is 0 Å². The third-order valence-electron chi connectivity index (χ3n) is 4.02. The van der Waals surface area contributed by atoms with E-state index in [1.165, 1.54) is 5.56 Å². The summed E-state index contributed by atoms with van der Waals surface area (Å²) in [6.07, 6.45) is 0. The Morgan fingerprint density at radius 3 is 2.60 bits per heavy atom. The largest absolute Gasteiger partial charge is 0.383 e. The molecule has 112 valence electrons. The highest BCUT2D eigenvalue weighted by Gasteiger charge is 2.18. The van der Waals surface area contributed by atoms with Crippen LogP contribution in [0.3, 0.4) is 0 Å². The van der Waals surface area contributed by atoms with E-state index >= 15 is 0 Å². The average molecular weight is 277 g/mol. The molecule has 1 aromatic carbocycles. The van der Waals surface area contributed by atoms with Gasteiger partial charge in [-0.15, -0.1) is 0 Å². The molecule has 1 aromatic rings. The number of piperazine rings is 1. The summed E-state index contributed by atoms with van der Waals surface area (Å²) in [5, 5.41) is 3.40. The maximum atomic E-state index is 5.41. The molecule has 1 heterocycles. The normalized spacial score (nSPS) is 18.4. The molecule has 0 aromatic heterocycles. The lowest BCUT2D eigenvalue weighted by Crippen LogP contribution is -2.46. The summed E-state index contributed by atoms with van der Waals surface area (Å²) in [5.41, 5.74) is 1.33.